The Labute approximate surface area is 119 Å². The van der Waals surface area contributed by atoms with Crippen molar-refractivity contribution in [3.8, 4) is 11.3 Å². The van der Waals surface area contributed by atoms with E-state index in [0.29, 0.717) is 6.04 Å². The minimum atomic E-state index is 0.355. The molecule has 106 valence electrons. The minimum Gasteiger partial charge on any atom is -0.386 e. The molecule has 5 heteroatoms. The van der Waals surface area contributed by atoms with E-state index in [1.54, 1.807) is 6.20 Å². The van der Waals surface area contributed by atoms with Gasteiger partial charge in [-0.25, -0.2) is 0 Å². The summed E-state index contributed by atoms with van der Waals surface area (Å²) in [6.07, 6.45) is 3.89. The number of rotatable bonds is 3. The first-order chi connectivity index (χ1) is 9.78. The van der Waals surface area contributed by atoms with Crippen LogP contribution in [0.15, 0.2) is 30.5 Å². The molecule has 20 heavy (non-hydrogen) atoms. The molecular formula is C15H21N5. The molecule has 2 heterocycles. The van der Waals surface area contributed by atoms with Gasteiger partial charge in [0.15, 0.2) is 0 Å². The molecule has 0 amide bonds. The second kappa shape index (κ2) is 5.54. The summed E-state index contributed by atoms with van der Waals surface area (Å²) in [5, 5.41) is 10.3. The van der Waals surface area contributed by atoms with Crippen LogP contribution in [0.25, 0.3) is 11.3 Å². The second-order valence-electron chi connectivity index (χ2n) is 5.28. The number of piperidine rings is 1. The first kappa shape index (κ1) is 13.0. The zero-order chi connectivity index (χ0) is 13.9. The number of nitrogens with one attached hydrogen (secondary N) is 2. The van der Waals surface area contributed by atoms with Gasteiger partial charge in [-0.1, -0.05) is 6.07 Å². The molecule has 5 nitrogen and oxygen atoms in total. The van der Waals surface area contributed by atoms with Crippen LogP contribution in [0.5, 0.6) is 0 Å². The van der Waals surface area contributed by atoms with Gasteiger partial charge in [0.2, 0.25) is 0 Å². The zero-order valence-corrected chi connectivity index (χ0v) is 11.8. The van der Waals surface area contributed by atoms with Gasteiger partial charge in [-0.15, -0.1) is 0 Å². The Bertz CT molecular complexity index is 556. The third kappa shape index (κ3) is 2.49. The molecule has 1 fully saturated rings. The van der Waals surface area contributed by atoms with Gasteiger partial charge in [0.05, 0.1) is 17.1 Å². The van der Waals surface area contributed by atoms with Crippen LogP contribution in [0.1, 0.15) is 12.8 Å². The summed E-state index contributed by atoms with van der Waals surface area (Å²) in [7, 11) is 1.96. The van der Waals surface area contributed by atoms with Gasteiger partial charge in [0, 0.05) is 37.9 Å². The monoisotopic (exact) mass is 271 g/mol. The van der Waals surface area contributed by atoms with Crippen molar-refractivity contribution < 1.29 is 0 Å². The third-order valence-electron chi connectivity index (χ3n) is 3.96. The summed E-state index contributed by atoms with van der Waals surface area (Å²) < 4.78 is 0. The fourth-order valence-corrected chi connectivity index (χ4v) is 2.74. The third-order valence-corrected chi connectivity index (χ3v) is 3.96. The lowest BCUT2D eigenvalue weighted by molar-refractivity contribution is 0.501. The molecule has 1 aliphatic rings. The zero-order valence-electron chi connectivity index (χ0n) is 11.8. The Kier molecular flexibility index (Phi) is 3.60. The van der Waals surface area contributed by atoms with Gasteiger partial charge in [-0.3, -0.25) is 5.10 Å². The average molecular weight is 271 g/mol. The van der Waals surface area contributed by atoms with Crippen LogP contribution >= 0.6 is 0 Å². The number of H-pyrrole nitrogens is 1. The number of nitrogens with zero attached hydrogens (tertiary/aromatic N) is 2. The van der Waals surface area contributed by atoms with Crippen LogP contribution in [0.2, 0.25) is 0 Å². The van der Waals surface area contributed by atoms with Crippen LogP contribution in [0, 0.1) is 0 Å². The number of aromatic nitrogens is 2. The van der Waals surface area contributed by atoms with E-state index in [1.807, 2.05) is 13.1 Å². The van der Waals surface area contributed by atoms with Crippen molar-refractivity contribution in [1.29, 1.82) is 0 Å². The summed E-state index contributed by atoms with van der Waals surface area (Å²) >= 11 is 0. The van der Waals surface area contributed by atoms with E-state index < -0.39 is 0 Å². The molecule has 0 saturated carbocycles. The number of anilines is 2. The van der Waals surface area contributed by atoms with E-state index in [0.717, 1.165) is 42.9 Å². The standard InChI is InChI=1S/C15H21N5/c1-17-14-10-11(13-4-7-18-19-13)2-3-15(14)20-8-5-12(16)6-9-20/h2-4,7,10,12,17H,5-6,8-9,16H2,1H3,(H,18,19). The summed E-state index contributed by atoms with van der Waals surface area (Å²) in [4.78, 5) is 2.41. The molecule has 1 aromatic heterocycles. The van der Waals surface area contributed by atoms with Crippen molar-refractivity contribution >= 4 is 11.4 Å². The molecule has 0 spiro atoms. The Morgan fingerprint density at radius 1 is 1.30 bits per heavy atom. The highest BCUT2D eigenvalue weighted by Crippen LogP contribution is 2.32. The number of nitrogens with two attached hydrogens (primary N) is 1. The van der Waals surface area contributed by atoms with Crippen LogP contribution < -0.4 is 16.0 Å². The molecule has 4 N–H and O–H groups in total. The molecule has 1 aliphatic heterocycles. The van der Waals surface area contributed by atoms with E-state index in [9.17, 15) is 0 Å². The van der Waals surface area contributed by atoms with Crippen molar-refractivity contribution in [3.05, 3.63) is 30.5 Å². The normalized spacial score (nSPS) is 16.4. The number of hydrogen-bond acceptors (Lipinski definition) is 4. The molecule has 0 atom stereocenters. The molecule has 0 unspecified atom stereocenters. The Morgan fingerprint density at radius 2 is 2.10 bits per heavy atom. The van der Waals surface area contributed by atoms with E-state index in [-0.39, 0.29) is 0 Å². The highest BCUT2D eigenvalue weighted by molar-refractivity contribution is 5.77. The molecule has 0 bridgehead atoms. The smallest absolute Gasteiger partial charge is 0.0650 e. The van der Waals surface area contributed by atoms with Crippen LogP contribution in [-0.2, 0) is 0 Å². The summed E-state index contributed by atoms with van der Waals surface area (Å²) in [6, 6.07) is 8.82. The van der Waals surface area contributed by atoms with Gasteiger partial charge in [-0.05, 0) is 31.0 Å². The first-order valence-electron chi connectivity index (χ1n) is 7.10. The maximum absolute atomic E-state index is 5.98. The first-order valence-corrected chi connectivity index (χ1v) is 7.10. The fourth-order valence-electron chi connectivity index (χ4n) is 2.74. The molecule has 1 aromatic carbocycles. The summed E-state index contributed by atoms with van der Waals surface area (Å²) in [5.41, 5.74) is 10.6. The van der Waals surface area contributed by atoms with Crippen molar-refractivity contribution in [3.63, 3.8) is 0 Å². The second-order valence-corrected chi connectivity index (χ2v) is 5.28. The molecular weight excluding hydrogens is 250 g/mol. The van der Waals surface area contributed by atoms with Gasteiger partial charge < -0.3 is 16.0 Å². The average Bonchev–Trinajstić information content (AvgIpc) is 3.02. The number of aromatic amines is 1. The van der Waals surface area contributed by atoms with E-state index >= 15 is 0 Å². The van der Waals surface area contributed by atoms with Gasteiger partial charge in [-0.2, -0.15) is 5.10 Å². The predicted octanol–water partition coefficient (Wildman–Crippen LogP) is 2.05. The topological polar surface area (TPSA) is 70.0 Å². The largest absolute Gasteiger partial charge is 0.386 e. The molecule has 3 rings (SSSR count). The Morgan fingerprint density at radius 3 is 2.75 bits per heavy atom. The van der Waals surface area contributed by atoms with Crippen molar-refractivity contribution in [1.82, 2.24) is 10.2 Å². The quantitative estimate of drug-likeness (QED) is 0.799. The van der Waals surface area contributed by atoms with Gasteiger partial charge >= 0.3 is 0 Å². The van der Waals surface area contributed by atoms with Crippen molar-refractivity contribution in [2.75, 3.05) is 30.4 Å². The van der Waals surface area contributed by atoms with E-state index in [2.05, 4.69) is 38.6 Å². The summed E-state index contributed by atoms with van der Waals surface area (Å²) in [6.45, 7) is 2.05. The fraction of sp³-hybridized carbons (Fsp3) is 0.400. The molecule has 2 aromatic rings. The highest BCUT2D eigenvalue weighted by atomic mass is 15.2. The van der Waals surface area contributed by atoms with Crippen LogP contribution in [0.4, 0.5) is 11.4 Å². The van der Waals surface area contributed by atoms with E-state index in [1.165, 1.54) is 5.69 Å². The molecule has 1 saturated heterocycles. The van der Waals surface area contributed by atoms with Crippen LogP contribution in [-0.4, -0.2) is 36.4 Å². The van der Waals surface area contributed by atoms with Crippen molar-refractivity contribution in [2.45, 2.75) is 18.9 Å². The lowest BCUT2D eigenvalue weighted by Crippen LogP contribution is -2.39. The molecule has 0 aliphatic carbocycles. The summed E-state index contributed by atoms with van der Waals surface area (Å²) in [5.74, 6) is 0. The number of hydrogen-bond donors (Lipinski definition) is 3. The Hall–Kier alpha value is -2.01. The minimum absolute atomic E-state index is 0.355. The lowest BCUT2D eigenvalue weighted by atomic mass is 10.0. The van der Waals surface area contributed by atoms with Gasteiger partial charge in [0.25, 0.3) is 0 Å². The van der Waals surface area contributed by atoms with E-state index in [4.69, 9.17) is 5.73 Å². The van der Waals surface area contributed by atoms with Gasteiger partial charge in [0.1, 0.15) is 0 Å². The maximum Gasteiger partial charge on any atom is 0.0650 e. The number of benzene rings is 1. The van der Waals surface area contributed by atoms with Crippen LogP contribution in [0.3, 0.4) is 0 Å². The van der Waals surface area contributed by atoms with Crippen molar-refractivity contribution in [2.24, 2.45) is 5.73 Å². The Balaban J connectivity index is 1.88. The SMILES string of the molecule is CNc1cc(-c2ccn[nH]2)ccc1N1CCC(N)CC1. The maximum atomic E-state index is 5.98. The predicted molar refractivity (Wildman–Crippen MR) is 83.0 cm³/mol. The molecule has 0 radical (unpaired) electrons. The highest BCUT2D eigenvalue weighted by Gasteiger charge is 2.18. The lowest BCUT2D eigenvalue weighted by Gasteiger charge is -2.33.